The van der Waals surface area contributed by atoms with Crippen molar-refractivity contribution in [3.63, 3.8) is 0 Å². The number of ether oxygens (including phenoxy) is 1. The van der Waals surface area contributed by atoms with E-state index < -0.39 is 5.91 Å². The van der Waals surface area contributed by atoms with Crippen molar-refractivity contribution in [2.24, 2.45) is 0 Å². The molecule has 1 unspecified atom stereocenters. The van der Waals surface area contributed by atoms with E-state index in [1.54, 1.807) is 61.7 Å². The molecule has 202 valence electrons. The quantitative estimate of drug-likeness (QED) is 0.161. The Balaban J connectivity index is 1.40. The maximum Gasteiger partial charge on any atom is 0.272 e. The summed E-state index contributed by atoms with van der Waals surface area (Å²) in [7, 11) is 1.58. The molecule has 8 heteroatoms. The third kappa shape index (κ3) is 8.09. The first kappa shape index (κ1) is 28.2. The van der Waals surface area contributed by atoms with Gasteiger partial charge in [0, 0.05) is 27.9 Å². The maximum absolute atomic E-state index is 13.2. The van der Waals surface area contributed by atoms with Crippen LogP contribution in [0.5, 0.6) is 5.75 Å². The summed E-state index contributed by atoms with van der Waals surface area (Å²) < 4.78 is 5.20. The monoisotopic (exact) mass is 551 g/mol. The Morgan fingerprint density at radius 2 is 1.45 bits per heavy atom. The lowest BCUT2D eigenvalue weighted by Crippen LogP contribution is -2.30. The molecule has 3 N–H and O–H groups in total. The van der Waals surface area contributed by atoms with Gasteiger partial charge in [0.05, 0.1) is 12.4 Å². The Morgan fingerprint density at radius 1 is 0.775 bits per heavy atom. The number of carbonyl (C=O) groups excluding carboxylic acids is 3. The van der Waals surface area contributed by atoms with Gasteiger partial charge in [0.25, 0.3) is 11.8 Å². The fourth-order valence-corrected chi connectivity index (χ4v) is 4.54. The molecular formula is C32H29N3O4S. The molecule has 4 aromatic rings. The lowest BCUT2D eigenvalue weighted by molar-refractivity contribution is -0.115. The number of carbonyl (C=O) groups is 3. The van der Waals surface area contributed by atoms with Crippen LogP contribution in [0.3, 0.4) is 0 Å². The zero-order chi connectivity index (χ0) is 28.3. The first-order chi connectivity index (χ1) is 19.4. The van der Waals surface area contributed by atoms with Crippen molar-refractivity contribution in [3.8, 4) is 5.75 Å². The maximum atomic E-state index is 13.2. The number of thioether (sulfide) groups is 1. The highest BCUT2D eigenvalue weighted by atomic mass is 32.2. The highest BCUT2D eigenvalue weighted by Gasteiger charge is 2.17. The summed E-state index contributed by atoms with van der Waals surface area (Å²) in [4.78, 5) is 39.5. The van der Waals surface area contributed by atoms with Crippen molar-refractivity contribution in [3.05, 3.63) is 126 Å². The second-order valence-electron chi connectivity index (χ2n) is 8.75. The van der Waals surface area contributed by atoms with E-state index in [9.17, 15) is 14.4 Å². The predicted octanol–water partition coefficient (Wildman–Crippen LogP) is 6.22. The van der Waals surface area contributed by atoms with Gasteiger partial charge in [-0.3, -0.25) is 14.4 Å². The number of anilines is 2. The smallest absolute Gasteiger partial charge is 0.272 e. The van der Waals surface area contributed by atoms with Gasteiger partial charge in [-0.2, -0.15) is 0 Å². The number of nitrogens with one attached hydrogen (secondary N) is 3. The summed E-state index contributed by atoms with van der Waals surface area (Å²) in [6.45, 7) is 1.83. The van der Waals surface area contributed by atoms with Crippen LogP contribution in [-0.4, -0.2) is 30.1 Å². The Hall–Kier alpha value is -4.82. The van der Waals surface area contributed by atoms with E-state index in [1.807, 2.05) is 67.6 Å². The van der Waals surface area contributed by atoms with Gasteiger partial charge in [0.2, 0.25) is 5.91 Å². The topological polar surface area (TPSA) is 96.5 Å². The Kier molecular flexibility index (Phi) is 9.74. The lowest BCUT2D eigenvalue weighted by Gasteiger charge is -2.14. The van der Waals surface area contributed by atoms with Crippen molar-refractivity contribution in [2.45, 2.75) is 17.1 Å². The van der Waals surface area contributed by atoms with E-state index in [4.69, 9.17) is 4.74 Å². The molecule has 0 aliphatic heterocycles. The van der Waals surface area contributed by atoms with Crippen LogP contribution in [0, 0.1) is 0 Å². The highest BCUT2D eigenvalue weighted by molar-refractivity contribution is 8.00. The van der Waals surface area contributed by atoms with Crippen LogP contribution >= 0.6 is 11.8 Å². The molecule has 0 spiro atoms. The van der Waals surface area contributed by atoms with Crippen molar-refractivity contribution >= 4 is 46.9 Å². The van der Waals surface area contributed by atoms with Crippen LogP contribution in [-0.2, 0) is 9.59 Å². The van der Waals surface area contributed by atoms with Gasteiger partial charge in [-0.05, 0) is 67.1 Å². The summed E-state index contributed by atoms with van der Waals surface area (Å²) in [5.41, 5.74) is 2.54. The number of amides is 3. The van der Waals surface area contributed by atoms with Crippen LogP contribution in [0.1, 0.15) is 22.8 Å². The second kappa shape index (κ2) is 13.8. The Labute approximate surface area is 237 Å². The third-order valence-corrected chi connectivity index (χ3v) is 6.88. The summed E-state index contributed by atoms with van der Waals surface area (Å²) in [6.07, 6.45) is 1.63. The fourth-order valence-electron chi connectivity index (χ4n) is 3.68. The van der Waals surface area contributed by atoms with Gasteiger partial charge < -0.3 is 20.7 Å². The first-order valence-corrected chi connectivity index (χ1v) is 13.5. The van der Waals surface area contributed by atoms with Gasteiger partial charge in [0.1, 0.15) is 11.4 Å². The molecule has 1 atom stereocenters. The van der Waals surface area contributed by atoms with Gasteiger partial charge in [0.15, 0.2) is 0 Å². The molecule has 0 bridgehead atoms. The van der Waals surface area contributed by atoms with Gasteiger partial charge in [-0.25, -0.2) is 0 Å². The summed E-state index contributed by atoms with van der Waals surface area (Å²) in [6, 6.07) is 32.4. The molecule has 4 aromatic carbocycles. The van der Waals surface area contributed by atoms with E-state index in [0.29, 0.717) is 22.7 Å². The predicted molar refractivity (Wildman–Crippen MR) is 160 cm³/mol. The third-order valence-electron chi connectivity index (χ3n) is 5.77. The summed E-state index contributed by atoms with van der Waals surface area (Å²) >= 11 is 1.40. The average molecular weight is 552 g/mol. The SMILES string of the molecule is COc1cccc(NC(=O)C(C)Sc2ccc(NC(=O)/C(=C/c3ccccc3)NC(=O)c3ccccc3)cc2)c1. The van der Waals surface area contributed by atoms with Crippen LogP contribution in [0.25, 0.3) is 6.08 Å². The van der Waals surface area contributed by atoms with E-state index in [-0.39, 0.29) is 22.8 Å². The summed E-state index contributed by atoms with van der Waals surface area (Å²) in [5, 5.41) is 8.11. The largest absolute Gasteiger partial charge is 0.497 e. The fraction of sp³-hybridized carbons (Fsp3) is 0.0938. The van der Waals surface area contributed by atoms with Gasteiger partial charge in [-0.1, -0.05) is 54.6 Å². The number of benzene rings is 4. The highest BCUT2D eigenvalue weighted by Crippen LogP contribution is 2.26. The van der Waals surface area contributed by atoms with E-state index in [1.165, 1.54) is 11.8 Å². The van der Waals surface area contributed by atoms with E-state index in [2.05, 4.69) is 16.0 Å². The minimum Gasteiger partial charge on any atom is -0.497 e. The molecule has 40 heavy (non-hydrogen) atoms. The normalized spacial score (nSPS) is 11.7. The van der Waals surface area contributed by atoms with Crippen LogP contribution < -0.4 is 20.7 Å². The van der Waals surface area contributed by atoms with Crippen molar-refractivity contribution in [1.82, 2.24) is 5.32 Å². The molecule has 0 heterocycles. The van der Waals surface area contributed by atoms with Crippen LogP contribution in [0.2, 0.25) is 0 Å². The van der Waals surface area contributed by atoms with Crippen molar-refractivity contribution < 1.29 is 19.1 Å². The Morgan fingerprint density at radius 3 is 2.12 bits per heavy atom. The van der Waals surface area contributed by atoms with E-state index >= 15 is 0 Å². The number of methoxy groups -OCH3 is 1. The van der Waals surface area contributed by atoms with Crippen molar-refractivity contribution in [1.29, 1.82) is 0 Å². The van der Waals surface area contributed by atoms with Gasteiger partial charge in [-0.15, -0.1) is 11.8 Å². The minimum absolute atomic E-state index is 0.112. The molecule has 4 rings (SSSR count). The summed E-state index contributed by atoms with van der Waals surface area (Å²) in [5.74, 6) is -0.317. The lowest BCUT2D eigenvalue weighted by atomic mass is 10.1. The molecule has 0 aromatic heterocycles. The zero-order valence-electron chi connectivity index (χ0n) is 22.1. The van der Waals surface area contributed by atoms with Gasteiger partial charge >= 0.3 is 0 Å². The zero-order valence-corrected chi connectivity index (χ0v) is 22.9. The molecule has 0 radical (unpaired) electrons. The molecule has 0 saturated heterocycles. The minimum atomic E-state index is -0.459. The number of rotatable bonds is 10. The number of hydrogen-bond acceptors (Lipinski definition) is 5. The van der Waals surface area contributed by atoms with Crippen LogP contribution in [0.15, 0.2) is 120 Å². The first-order valence-electron chi connectivity index (χ1n) is 12.6. The van der Waals surface area contributed by atoms with E-state index in [0.717, 1.165) is 10.5 Å². The molecule has 3 amide bonds. The molecular weight excluding hydrogens is 522 g/mol. The molecule has 7 nitrogen and oxygen atoms in total. The standard InChI is InChI=1S/C32H29N3O4S/c1-22(30(36)34-26-14-9-15-27(21-26)39-2)40-28-18-16-25(17-19-28)33-32(38)29(20-23-10-5-3-6-11-23)35-31(37)24-12-7-4-8-13-24/h3-22H,1-2H3,(H,33,38)(H,34,36)(H,35,37)/b29-20-. The van der Waals surface area contributed by atoms with Crippen molar-refractivity contribution in [2.75, 3.05) is 17.7 Å². The molecule has 0 aliphatic carbocycles. The molecule has 0 fully saturated rings. The number of hydrogen-bond donors (Lipinski definition) is 3. The average Bonchev–Trinajstić information content (AvgIpc) is 2.98. The Bertz CT molecular complexity index is 1490. The second-order valence-corrected chi connectivity index (χ2v) is 10.2. The van der Waals surface area contributed by atoms with Crippen LogP contribution in [0.4, 0.5) is 11.4 Å². The molecule has 0 saturated carbocycles. The molecule has 0 aliphatic rings.